The van der Waals surface area contributed by atoms with Crippen molar-refractivity contribution in [2.24, 2.45) is 0 Å². The third-order valence-corrected chi connectivity index (χ3v) is 4.90. The van der Waals surface area contributed by atoms with Gasteiger partial charge in [0, 0.05) is 13.1 Å². The summed E-state index contributed by atoms with van der Waals surface area (Å²) in [7, 11) is -3.40. The predicted molar refractivity (Wildman–Crippen MR) is 95.4 cm³/mol. The number of rotatable bonds is 8. The van der Waals surface area contributed by atoms with Gasteiger partial charge in [-0.05, 0) is 38.0 Å². The van der Waals surface area contributed by atoms with Gasteiger partial charge in [0.15, 0.2) is 0 Å². The molecule has 0 amide bonds. The fraction of sp³-hybridized carbons (Fsp3) is 0.353. The third-order valence-electron chi connectivity index (χ3n) is 3.64. The van der Waals surface area contributed by atoms with Crippen molar-refractivity contribution < 1.29 is 8.42 Å². The van der Waals surface area contributed by atoms with Crippen molar-refractivity contribution in [1.82, 2.24) is 4.98 Å². The van der Waals surface area contributed by atoms with Crippen LogP contribution in [0.25, 0.3) is 0 Å². The number of anilines is 2. The van der Waals surface area contributed by atoms with Crippen LogP contribution >= 0.6 is 0 Å². The number of aryl methyl sites for hydroxylation is 1. The van der Waals surface area contributed by atoms with E-state index >= 15 is 0 Å². The average molecular weight is 333 g/mol. The van der Waals surface area contributed by atoms with E-state index in [0.29, 0.717) is 12.2 Å². The first-order valence-electron chi connectivity index (χ1n) is 7.79. The van der Waals surface area contributed by atoms with Crippen LogP contribution in [0.5, 0.6) is 0 Å². The van der Waals surface area contributed by atoms with Crippen LogP contribution in [0.4, 0.5) is 11.5 Å². The van der Waals surface area contributed by atoms with E-state index in [1.165, 1.54) is 0 Å². The molecular formula is C17H23N3O2S. The summed E-state index contributed by atoms with van der Waals surface area (Å²) in [4.78, 5) is 6.36. The van der Waals surface area contributed by atoms with Gasteiger partial charge in [0.05, 0.1) is 17.6 Å². The van der Waals surface area contributed by atoms with Crippen molar-refractivity contribution in [3.05, 3.63) is 54.2 Å². The molecule has 0 aliphatic rings. The highest BCUT2D eigenvalue weighted by atomic mass is 32.2. The summed E-state index contributed by atoms with van der Waals surface area (Å²) in [6.07, 6.45) is 2.18. The number of benzene rings is 1. The summed E-state index contributed by atoms with van der Waals surface area (Å²) >= 11 is 0. The summed E-state index contributed by atoms with van der Waals surface area (Å²) in [6.45, 7) is 5.92. The van der Waals surface area contributed by atoms with Gasteiger partial charge in [0.1, 0.15) is 5.82 Å². The van der Waals surface area contributed by atoms with Gasteiger partial charge in [-0.1, -0.05) is 30.3 Å². The minimum absolute atomic E-state index is 0.0382. The van der Waals surface area contributed by atoms with E-state index in [9.17, 15) is 8.42 Å². The highest BCUT2D eigenvalue weighted by molar-refractivity contribution is 7.92. The van der Waals surface area contributed by atoms with Crippen molar-refractivity contribution in [3.8, 4) is 0 Å². The van der Waals surface area contributed by atoms with Crippen LogP contribution in [0, 0.1) is 0 Å². The Morgan fingerprint density at radius 2 is 1.74 bits per heavy atom. The molecule has 2 rings (SSSR count). The summed E-state index contributed by atoms with van der Waals surface area (Å²) in [5.41, 5.74) is 1.99. The average Bonchev–Trinajstić information content (AvgIpc) is 2.56. The van der Waals surface area contributed by atoms with Gasteiger partial charge in [-0.25, -0.2) is 13.4 Å². The monoisotopic (exact) mass is 333 g/mol. The van der Waals surface area contributed by atoms with E-state index in [4.69, 9.17) is 0 Å². The highest BCUT2D eigenvalue weighted by Crippen LogP contribution is 2.15. The van der Waals surface area contributed by atoms with Crippen LogP contribution in [0.3, 0.4) is 0 Å². The normalized spacial score (nSPS) is 11.2. The lowest BCUT2D eigenvalue weighted by Gasteiger charge is -2.20. The smallest absolute Gasteiger partial charge is 0.234 e. The zero-order chi connectivity index (χ0) is 16.7. The SMILES string of the molecule is CCN(CC)c1ccc(NS(=O)(=O)CCc2ccccc2)nc1. The third kappa shape index (κ3) is 5.25. The Kier molecular flexibility index (Phi) is 5.98. The standard InChI is InChI=1S/C17H23N3O2S/c1-3-20(4-2)16-10-11-17(18-14-16)19-23(21,22)13-12-15-8-6-5-7-9-15/h5-11,14H,3-4,12-13H2,1-2H3,(H,18,19). The molecule has 1 N–H and O–H groups in total. The summed E-state index contributed by atoms with van der Waals surface area (Å²) in [5.74, 6) is 0.394. The number of hydrogen-bond donors (Lipinski definition) is 1. The molecule has 2 aromatic rings. The van der Waals surface area contributed by atoms with E-state index in [1.807, 2.05) is 36.4 Å². The van der Waals surface area contributed by atoms with Crippen molar-refractivity contribution in [2.75, 3.05) is 28.5 Å². The molecule has 5 nitrogen and oxygen atoms in total. The molecule has 23 heavy (non-hydrogen) atoms. The molecule has 0 atom stereocenters. The van der Waals surface area contributed by atoms with E-state index in [0.717, 1.165) is 24.3 Å². The maximum Gasteiger partial charge on any atom is 0.234 e. The molecule has 1 aromatic carbocycles. The Hall–Kier alpha value is -2.08. The van der Waals surface area contributed by atoms with Gasteiger partial charge >= 0.3 is 0 Å². The summed E-state index contributed by atoms with van der Waals surface area (Å²) in [5, 5.41) is 0. The molecule has 6 heteroatoms. The lowest BCUT2D eigenvalue weighted by atomic mass is 10.2. The number of nitrogens with zero attached hydrogens (tertiary/aromatic N) is 2. The van der Waals surface area contributed by atoms with Gasteiger partial charge < -0.3 is 4.90 Å². The number of aromatic nitrogens is 1. The Morgan fingerprint density at radius 3 is 2.30 bits per heavy atom. The molecule has 0 spiro atoms. The van der Waals surface area contributed by atoms with Crippen LogP contribution in [-0.2, 0) is 16.4 Å². The van der Waals surface area contributed by atoms with Gasteiger partial charge in [-0.3, -0.25) is 4.72 Å². The van der Waals surface area contributed by atoms with Gasteiger partial charge in [-0.15, -0.1) is 0 Å². The van der Waals surface area contributed by atoms with Crippen molar-refractivity contribution in [3.63, 3.8) is 0 Å². The molecule has 0 fully saturated rings. The Labute approximate surface area is 138 Å². The maximum atomic E-state index is 12.1. The van der Waals surface area contributed by atoms with Crippen LogP contribution in [-0.4, -0.2) is 32.2 Å². The zero-order valence-corrected chi connectivity index (χ0v) is 14.4. The van der Waals surface area contributed by atoms with Crippen LogP contribution in [0.2, 0.25) is 0 Å². The second-order valence-corrected chi connectivity index (χ2v) is 7.07. The van der Waals surface area contributed by atoms with E-state index in [2.05, 4.69) is 28.5 Å². The topological polar surface area (TPSA) is 62.3 Å². The lowest BCUT2D eigenvalue weighted by Crippen LogP contribution is -2.22. The van der Waals surface area contributed by atoms with E-state index < -0.39 is 10.0 Å². The number of nitrogens with one attached hydrogen (secondary N) is 1. The first-order valence-corrected chi connectivity index (χ1v) is 9.44. The molecule has 0 aliphatic heterocycles. The van der Waals surface area contributed by atoms with Crippen LogP contribution < -0.4 is 9.62 Å². The minimum atomic E-state index is -3.40. The maximum absolute atomic E-state index is 12.1. The lowest BCUT2D eigenvalue weighted by molar-refractivity contribution is 0.600. The predicted octanol–water partition coefficient (Wildman–Crippen LogP) is 2.91. The molecular weight excluding hydrogens is 310 g/mol. The summed E-state index contributed by atoms with van der Waals surface area (Å²) < 4.78 is 26.8. The Morgan fingerprint density at radius 1 is 1.04 bits per heavy atom. The first-order chi connectivity index (χ1) is 11.0. The molecule has 0 unspecified atom stereocenters. The molecule has 0 radical (unpaired) electrons. The number of pyridine rings is 1. The second-order valence-electron chi connectivity index (χ2n) is 5.23. The van der Waals surface area contributed by atoms with E-state index in [-0.39, 0.29) is 5.75 Å². The Balaban J connectivity index is 1.97. The fourth-order valence-corrected chi connectivity index (χ4v) is 3.38. The fourth-order valence-electron chi connectivity index (χ4n) is 2.33. The van der Waals surface area contributed by atoms with Crippen molar-refractivity contribution >= 4 is 21.5 Å². The van der Waals surface area contributed by atoms with Crippen molar-refractivity contribution in [1.29, 1.82) is 0 Å². The summed E-state index contributed by atoms with van der Waals surface area (Å²) in [6, 6.07) is 13.2. The molecule has 0 aliphatic carbocycles. The molecule has 1 aromatic heterocycles. The minimum Gasteiger partial charge on any atom is -0.371 e. The largest absolute Gasteiger partial charge is 0.371 e. The number of hydrogen-bond acceptors (Lipinski definition) is 4. The molecule has 1 heterocycles. The molecule has 124 valence electrons. The van der Waals surface area contributed by atoms with Gasteiger partial charge in [0.2, 0.25) is 10.0 Å². The van der Waals surface area contributed by atoms with E-state index in [1.54, 1.807) is 12.3 Å². The first kappa shape index (κ1) is 17.3. The van der Waals surface area contributed by atoms with Gasteiger partial charge in [0.25, 0.3) is 0 Å². The van der Waals surface area contributed by atoms with Crippen LogP contribution in [0.1, 0.15) is 19.4 Å². The molecule has 0 saturated heterocycles. The van der Waals surface area contributed by atoms with Gasteiger partial charge in [-0.2, -0.15) is 0 Å². The zero-order valence-electron chi connectivity index (χ0n) is 13.6. The van der Waals surface area contributed by atoms with Crippen molar-refractivity contribution in [2.45, 2.75) is 20.3 Å². The Bertz CT molecular complexity index is 696. The number of sulfonamides is 1. The van der Waals surface area contributed by atoms with Crippen LogP contribution in [0.15, 0.2) is 48.7 Å². The quantitative estimate of drug-likeness (QED) is 0.807. The highest BCUT2D eigenvalue weighted by Gasteiger charge is 2.12. The molecule has 0 saturated carbocycles. The molecule has 0 bridgehead atoms. The second kappa shape index (κ2) is 7.97.